The van der Waals surface area contributed by atoms with Gasteiger partial charge in [0.15, 0.2) is 0 Å². The van der Waals surface area contributed by atoms with Crippen molar-refractivity contribution in [3.05, 3.63) is 51.9 Å². The lowest BCUT2D eigenvalue weighted by Gasteiger charge is -2.12. The first-order chi connectivity index (χ1) is 9.13. The molecule has 1 aliphatic rings. The Balaban J connectivity index is 1.83. The average Bonchev–Trinajstić information content (AvgIpc) is 3.00. The summed E-state index contributed by atoms with van der Waals surface area (Å²) in [6.07, 6.45) is 0.691. The van der Waals surface area contributed by atoms with E-state index in [1.807, 2.05) is 31.2 Å². The molecule has 19 heavy (non-hydrogen) atoms. The first kappa shape index (κ1) is 12.3. The maximum atomic E-state index is 9.92. The molecule has 1 aromatic carbocycles. The highest BCUT2D eigenvalue weighted by Crippen LogP contribution is 2.32. The van der Waals surface area contributed by atoms with Crippen LogP contribution in [0.5, 0.6) is 5.75 Å². The topological polar surface area (TPSA) is 57.8 Å². The maximum Gasteiger partial charge on any atom is 0.150 e. The van der Waals surface area contributed by atoms with Crippen molar-refractivity contribution in [2.24, 2.45) is 5.10 Å². The summed E-state index contributed by atoms with van der Waals surface area (Å²) in [7, 11) is 0. The number of phenols is 1. The minimum Gasteiger partial charge on any atom is -0.508 e. The highest BCUT2D eigenvalue weighted by atomic mass is 79.9. The second-order valence-corrected chi connectivity index (χ2v) is 5.47. The molecule has 1 unspecified atom stereocenters. The number of aryl methyl sites for hydroxylation is 1. The van der Waals surface area contributed by atoms with Gasteiger partial charge in [-0.3, -0.25) is 0 Å². The number of halogens is 1. The number of hydrogen-bond acceptors (Lipinski definition) is 4. The van der Waals surface area contributed by atoms with Crippen LogP contribution in [0.25, 0.3) is 0 Å². The van der Waals surface area contributed by atoms with Gasteiger partial charge in [0.25, 0.3) is 0 Å². The molecule has 4 nitrogen and oxygen atoms in total. The SMILES string of the molecule is Cc1ccc(C2=NNC(c3cc(Br)ccc3O)C2)o1. The van der Waals surface area contributed by atoms with Crippen LogP contribution in [0.4, 0.5) is 0 Å². The third-order valence-corrected chi connectivity index (χ3v) is 3.64. The zero-order chi connectivity index (χ0) is 13.4. The van der Waals surface area contributed by atoms with Gasteiger partial charge in [0.1, 0.15) is 23.0 Å². The number of rotatable bonds is 2. The fraction of sp³-hybridized carbons (Fsp3) is 0.214. The van der Waals surface area contributed by atoms with Crippen LogP contribution < -0.4 is 5.43 Å². The minimum absolute atomic E-state index is 0.0297. The largest absolute Gasteiger partial charge is 0.508 e. The third kappa shape index (κ3) is 2.38. The predicted octanol–water partition coefficient (Wildman–Crippen LogP) is 3.49. The zero-order valence-electron chi connectivity index (χ0n) is 10.4. The minimum atomic E-state index is -0.0297. The van der Waals surface area contributed by atoms with Crippen LogP contribution in [-0.4, -0.2) is 10.8 Å². The second-order valence-electron chi connectivity index (χ2n) is 4.56. The van der Waals surface area contributed by atoms with E-state index in [1.54, 1.807) is 6.07 Å². The van der Waals surface area contributed by atoms with E-state index in [1.165, 1.54) is 0 Å². The molecule has 0 aliphatic carbocycles. The molecule has 0 bridgehead atoms. The van der Waals surface area contributed by atoms with Gasteiger partial charge in [-0.1, -0.05) is 15.9 Å². The highest BCUT2D eigenvalue weighted by molar-refractivity contribution is 9.10. The highest BCUT2D eigenvalue weighted by Gasteiger charge is 2.25. The lowest BCUT2D eigenvalue weighted by Crippen LogP contribution is -2.10. The molecule has 0 saturated heterocycles. The normalized spacial score (nSPS) is 18.2. The maximum absolute atomic E-state index is 9.92. The van der Waals surface area contributed by atoms with Gasteiger partial charge >= 0.3 is 0 Å². The molecule has 1 aliphatic heterocycles. The summed E-state index contributed by atoms with van der Waals surface area (Å²) in [4.78, 5) is 0. The van der Waals surface area contributed by atoms with Gasteiger partial charge < -0.3 is 14.9 Å². The second kappa shape index (κ2) is 4.74. The summed E-state index contributed by atoms with van der Waals surface area (Å²) in [6.45, 7) is 1.91. The fourth-order valence-corrected chi connectivity index (χ4v) is 2.55. The van der Waals surface area contributed by atoms with E-state index in [0.717, 1.165) is 27.3 Å². The number of furan rings is 1. The number of benzene rings is 1. The summed E-state index contributed by atoms with van der Waals surface area (Å²) in [6, 6.07) is 9.19. The Labute approximate surface area is 119 Å². The number of hydrazone groups is 1. The first-order valence-corrected chi connectivity index (χ1v) is 6.80. The molecule has 2 aromatic rings. The quantitative estimate of drug-likeness (QED) is 0.890. The van der Waals surface area contributed by atoms with Gasteiger partial charge in [0, 0.05) is 16.5 Å². The number of aromatic hydroxyl groups is 1. The van der Waals surface area contributed by atoms with Crippen LogP contribution >= 0.6 is 15.9 Å². The van der Waals surface area contributed by atoms with Crippen molar-refractivity contribution in [3.63, 3.8) is 0 Å². The average molecular weight is 321 g/mol. The van der Waals surface area contributed by atoms with Crippen LogP contribution in [0.15, 0.2) is 44.3 Å². The molecule has 0 saturated carbocycles. The summed E-state index contributed by atoms with van der Waals surface area (Å²) in [5.41, 5.74) is 4.75. The molecule has 1 atom stereocenters. The van der Waals surface area contributed by atoms with Crippen molar-refractivity contribution in [2.45, 2.75) is 19.4 Å². The molecule has 0 spiro atoms. The van der Waals surface area contributed by atoms with Crippen molar-refractivity contribution in [1.82, 2.24) is 5.43 Å². The summed E-state index contributed by atoms with van der Waals surface area (Å²) in [5.74, 6) is 1.92. The van der Waals surface area contributed by atoms with Gasteiger partial charge in [0.2, 0.25) is 0 Å². The van der Waals surface area contributed by atoms with Crippen LogP contribution in [0, 0.1) is 6.92 Å². The smallest absolute Gasteiger partial charge is 0.150 e. The molecule has 0 fully saturated rings. The van der Waals surface area contributed by atoms with Crippen molar-refractivity contribution >= 4 is 21.6 Å². The molecule has 0 radical (unpaired) electrons. The number of nitrogens with zero attached hydrogens (tertiary/aromatic N) is 1. The van der Waals surface area contributed by atoms with Crippen molar-refractivity contribution in [2.75, 3.05) is 0 Å². The molecule has 1 aromatic heterocycles. The monoisotopic (exact) mass is 320 g/mol. The summed E-state index contributed by atoms with van der Waals surface area (Å²) in [5, 5.41) is 14.2. The molecule has 98 valence electrons. The molecule has 2 N–H and O–H groups in total. The summed E-state index contributed by atoms with van der Waals surface area (Å²) >= 11 is 3.41. The fourth-order valence-electron chi connectivity index (χ4n) is 2.17. The van der Waals surface area contributed by atoms with Gasteiger partial charge in [-0.05, 0) is 37.3 Å². The van der Waals surface area contributed by atoms with Crippen molar-refractivity contribution < 1.29 is 9.52 Å². The van der Waals surface area contributed by atoms with Crippen molar-refractivity contribution in [1.29, 1.82) is 0 Å². The molecule has 3 rings (SSSR count). The lowest BCUT2D eigenvalue weighted by atomic mass is 10.0. The van der Waals surface area contributed by atoms with E-state index < -0.39 is 0 Å². The van der Waals surface area contributed by atoms with E-state index in [4.69, 9.17) is 4.42 Å². The number of nitrogens with one attached hydrogen (secondary N) is 1. The first-order valence-electron chi connectivity index (χ1n) is 6.01. The van der Waals surface area contributed by atoms with Gasteiger partial charge in [-0.2, -0.15) is 5.10 Å². The van der Waals surface area contributed by atoms with E-state index in [-0.39, 0.29) is 11.8 Å². The van der Waals surface area contributed by atoms with Crippen molar-refractivity contribution in [3.8, 4) is 5.75 Å². The van der Waals surface area contributed by atoms with E-state index in [9.17, 15) is 5.11 Å². The van der Waals surface area contributed by atoms with E-state index >= 15 is 0 Å². The lowest BCUT2D eigenvalue weighted by molar-refractivity contribution is 0.455. The van der Waals surface area contributed by atoms with Gasteiger partial charge in [0.05, 0.1) is 6.04 Å². The standard InChI is InChI=1S/C14H13BrN2O2/c1-8-2-5-14(19-8)12-7-11(16-17-12)10-6-9(15)3-4-13(10)18/h2-6,11,16,18H,7H2,1H3. The molecule has 0 amide bonds. The molecular formula is C14H13BrN2O2. The third-order valence-electron chi connectivity index (χ3n) is 3.14. The Bertz CT molecular complexity index is 649. The van der Waals surface area contributed by atoms with E-state index in [2.05, 4.69) is 26.5 Å². The molecule has 2 heterocycles. The van der Waals surface area contributed by atoms with Crippen LogP contribution in [0.3, 0.4) is 0 Å². The van der Waals surface area contributed by atoms with Crippen LogP contribution in [0.1, 0.15) is 29.5 Å². The Morgan fingerprint density at radius 1 is 1.37 bits per heavy atom. The number of phenolic OH excluding ortho intramolecular Hbond substituents is 1. The molecule has 5 heteroatoms. The molecular weight excluding hydrogens is 308 g/mol. The van der Waals surface area contributed by atoms with Gasteiger partial charge in [-0.15, -0.1) is 0 Å². The van der Waals surface area contributed by atoms with E-state index in [0.29, 0.717) is 6.42 Å². The van der Waals surface area contributed by atoms with Crippen LogP contribution in [0.2, 0.25) is 0 Å². The summed E-state index contributed by atoms with van der Waals surface area (Å²) < 4.78 is 6.50. The zero-order valence-corrected chi connectivity index (χ0v) is 11.9. The Morgan fingerprint density at radius 3 is 2.95 bits per heavy atom. The predicted molar refractivity (Wildman–Crippen MR) is 76.3 cm³/mol. The Kier molecular flexibility index (Phi) is 3.06. The number of hydrogen-bond donors (Lipinski definition) is 2. The Hall–Kier alpha value is -1.75. The Morgan fingerprint density at radius 2 is 2.21 bits per heavy atom. The van der Waals surface area contributed by atoms with Crippen LogP contribution in [-0.2, 0) is 0 Å². The van der Waals surface area contributed by atoms with Gasteiger partial charge in [-0.25, -0.2) is 0 Å².